The average Bonchev–Trinajstić information content (AvgIpc) is 2.62. The second kappa shape index (κ2) is 9.75. The van der Waals surface area contributed by atoms with E-state index < -0.39 is 12.6 Å². The number of halogens is 2. The monoisotopic (exact) mass is 493 g/mol. The van der Waals surface area contributed by atoms with Crippen LogP contribution in [0.3, 0.4) is 0 Å². The molecule has 0 bridgehead atoms. The molecule has 0 aliphatic rings. The van der Waals surface area contributed by atoms with Crippen LogP contribution in [-0.2, 0) is 15.7 Å². The zero-order valence-electron chi connectivity index (χ0n) is 13.3. The van der Waals surface area contributed by atoms with Crippen molar-refractivity contribution in [3.8, 4) is 0 Å². The molecule has 0 spiro atoms. The van der Waals surface area contributed by atoms with Gasteiger partial charge in [-0.2, -0.15) is 0 Å². The summed E-state index contributed by atoms with van der Waals surface area (Å²) in [6.07, 6.45) is 0. The molecule has 25 heavy (non-hydrogen) atoms. The third kappa shape index (κ3) is 5.84. The van der Waals surface area contributed by atoms with Gasteiger partial charge >= 0.3 is 7.67 Å². The minimum absolute atomic E-state index is 0.0635. The molecule has 0 saturated carbocycles. The van der Waals surface area contributed by atoms with Gasteiger partial charge < -0.3 is 4.52 Å². The molecule has 0 aromatic heterocycles. The molecule has 136 valence electrons. The van der Waals surface area contributed by atoms with Gasteiger partial charge in [-0.3, -0.25) is 14.7 Å². The van der Waals surface area contributed by atoms with Gasteiger partial charge in [-0.05, 0) is 23.1 Å². The van der Waals surface area contributed by atoms with Gasteiger partial charge in [0.2, 0.25) is 0 Å². The largest absolute Gasteiger partial charge is 0.341 e. The number of hydrogen-bond donors (Lipinski definition) is 2. The van der Waals surface area contributed by atoms with E-state index in [9.17, 15) is 14.7 Å². The van der Waals surface area contributed by atoms with Crippen molar-refractivity contribution >= 4 is 56.0 Å². The van der Waals surface area contributed by atoms with Crippen molar-refractivity contribution in [3.63, 3.8) is 0 Å². The highest BCUT2D eigenvalue weighted by atomic mass is 79.9. The van der Waals surface area contributed by atoms with Crippen LogP contribution in [0.25, 0.3) is 10.8 Å². The van der Waals surface area contributed by atoms with E-state index in [-0.39, 0.29) is 12.3 Å². The van der Waals surface area contributed by atoms with Crippen LogP contribution in [0.5, 0.6) is 0 Å². The summed E-state index contributed by atoms with van der Waals surface area (Å²) in [4.78, 5) is 10.7. The maximum Gasteiger partial charge on any atom is 0.341 e. The Morgan fingerprint density at radius 2 is 1.80 bits per heavy atom. The topological polar surface area (TPSA) is 93.5 Å². The number of hydrogen-bond acceptors (Lipinski definition) is 4. The summed E-state index contributed by atoms with van der Waals surface area (Å²) in [5.74, 6) is 0. The van der Waals surface area contributed by atoms with Crippen LogP contribution in [0, 0.1) is 10.1 Å². The van der Waals surface area contributed by atoms with Crippen molar-refractivity contribution in [1.82, 2.24) is 10.2 Å². The van der Waals surface area contributed by atoms with E-state index in [1.165, 1.54) is 6.07 Å². The highest BCUT2D eigenvalue weighted by Gasteiger charge is 2.21. The molecule has 0 aliphatic heterocycles. The van der Waals surface area contributed by atoms with Crippen LogP contribution in [0.4, 0.5) is 5.69 Å². The zero-order valence-corrected chi connectivity index (χ0v) is 17.3. The van der Waals surface area contributed by atoms with Crippen molar-refractivity contribution in [2.24, 2.45) is 0 Å². The minimum atomic E-state index is -3.17. The normalized spacial score (nSPS) is 11.8. The minimum Gasteiger partial charge on any atom is -0.301 e. The summed E-state index contributed by atoms with van der Waals surface area (Å²) in [7, 11) is -3.17. The number of alkyl halides is 2. The van der Waals surface area contributed by atoms with E-state index >= 15 is 0 Å². The first kappa shape index (κ1) is 20.5. The van der Waals surface area contributed by atoms with Gasteiger partial charge in [0.25, 0.3) is 5.69 Å². The predicted octanol–water partition coefficient (Wildman–Crippen LogP) is 4.34. The fourth-order valence-electron chi connectivity index (χ4n) is 2.26. The molecule has 10 heteroatoms. The molecular formula is C15H18Br2N3O4P. The Morgan fingerprint density at radius 1 is 1.12 bits per heavy atom. The van der Waals surface area contributed by atoms with Gasteiger partial charge in [0.15, 0.2) is 0 Å². The molecule has 0 aliphatic carbocycles. The maximum absolute atomic E-state index is 12.7. The van der Waals surface area contributed by atoms with E-state index in [1.54, 1.807) is 24.3 Å². The van der Waals surface area contributed by atoms with Gasteiger partial charge in [0.05, 0.1) is 16.9 Å². The molecule has 0 radical (unpaired) electrons. The lowest BCUT2D eigenvalue weighted by Gasteiger charge is -2.20. The molecule has 0 amide bonds. The molecule has 2 N–H and O–H groups in total. The van der Waals surface area contributed by atoms with Crippen molar-refractivity contribution in [3.05, 3.63) is 52.1 Å². The summed E-state index contributed by atoms with van der Waals surface area (Å²) in [5.41, 5.74) is 0.850. The standard InChI is InChI=1S/C15H18Br2N3O4P/c16-6-8-18-25(23,19-9-7-17)24-11-12-4-5-14-13(10-12)2-1-3-15(14)20(21)22/h1-5,10H,6-9,11H2,(H2,18,19,23). The Balaban J connectivity index is 2.16. The number of nitro groups is 1. The highest BCUT2D eigenvalue weighted by molar-refractivity contribution is 9.09. The molecule has 0 unspecified atom stereocenters. The van der Waals surface area contributed by atoms with Crippen molar-refractivity contribution in [2.45, 2.75) is 6.61 Å². The van der Waals surface area contributed by atoms with E-state index in [0.29, 0.717) is 29.1 Å². The lowest BCUT2D eigenvalue weighted by Crippen LogP contribution is -2.26. The van der Waals surface area contributed by atoms with Crippen LogP contribution in [0.15, 0.2) is 36.4 Å². The average molecular weight is 495 g/mol. The summed E-state index contributed by atoms with van der Waals surface area (Å²) in [6, 6.07) is 10.2. The van der Waals surface area contributed by atoms with Crippen LogP contribution < -0.4 is 10.2 Å². The molecule has 2 aromatic rings. The van der Waals surface area contributed by atoms with Gasteiger partial charge in [-0.1, -0.05) is 50.1 Å². The lowest BCUT2D eigenvalue weighted by molar-refractivity contribution is -0.383. The molecule has 2 rings (SSSR count). The molecule has 0 heterocycles. The first-order valence-corrected chi connectivity index (χ1v) is 11.4. The van der Waals surface area contributed by atoms with E-state index in [2.05, 4.69) is 42.0 Å². The summed E-state index contributed by atoms with van der Waals surface area (Å²) < 4.78 is 18.3. The number of nitro benzene ring substituents is 1. The molecule has 0 fully saturated rings. The van der Waals surface area contributed by atoms with Crippen molar-refractivity contribution < 1.29 is 14.0 Å². The number of non-ortho nitro benzene ring substituents is 1. The van der Waals surface area contributed by atoms with E-state index in [0.717, 1.165) is 10.9 Å². The van der Waals surface area contributed by atoms with Crippen LogP contribution in [0.2, 0.25) is 0 Å². The fourth-order valence-corrected chi connectivity index (χ4v) is 4.70. The Labute approximate surface area is 162 Å². The lowest BCUT2D eigenvalue weighted by atomic mass is 10.1. The Hall–Kier alpha value is -0.830. The molecule has 0 saturated heterocycles. The number of nitrogens with one attached hydrogen (secondary N) is 2. The van der Waals surface area contributed by atoms with Gasteiger partial charge in [-0.25, -0.2) is 10.2 Å². The quantitative estimate of drug-likeness (QED) is 0.221. The van der Waals surface area contributed by atoms with Crippen LogP contribution >= 0.6 is 39.5 Å². The zero-order chi connectivity index (χ0) is 18.3. The third-order valence-electron chi connectivity index (χ3n) is 3.36. The Bertz CT molecular complexity index is 778. The summed E-state index contributed by atoms with van der Waals surface area (Å²) in [6.45, 7) is 1.12. The van der Waals surface area contributed by atoms with Gasteiger partial charge in [0, 0.05) is 29.8 Å². The SMILES string of the molecule is O=[N+]([O-])c1cccc2cc(COP(=O)(NCCBr)NCCBr)ccc12. The first-order chi connectivity index (χ1) is 12.0. The second-order valence-corrected chi connectivity index (χ2v) is 8.69. The first-order valence-electron chi connectivity index (χ1n) is 7.52. The molecular weight excluding hydrogens is 477 g/mol. The van der Waals surface area contributed by atoms with Crippen LogP contribution in [0.1, 0.15) is 5.56 Å². The van der Waals surface area contributed by atoms with Crippen molar-refractivity contribution in [1.29, 1.82) is 0 Å². The fraction of sp³-hybridized carbons (Fsp3) is 0.333. The molecule has 0 atom stereocenters. The Morgan fingerprint density at radius 3 is 2.40 bits per heavy atom. The van der Waals surface area contributed by atoms with Crippen molar-refractivity contribution in [2.75, 3.05) is 23.7 Å². The maximum atomic E-state index is 12.7. The number of benzene rings is 2. The number of nitrogens with zero attached hydrogens (tertiary/aromatic N) is 1. The molecule has 2 aromatic carbocycles. The number of fused-ring (bicyclic) bond motifs is 1. The van der Waals surface area contributed by atoms with Crippen LogP contribution in [-0.4, -0.2) is 28.7 Å². The second-order valence-electron chi connectivity index (χ2n) is 5.11. The third-order valence-corrected chi connectivity index (χ3v) is 5.93. The van der Waals surface area contributed by atoms with E-state index in [4.69, 9.17) is 4.52 Å². The van der Waals surface area contributed by atoms with Gasteiger partial charge in [0.1, 0.15) is 0 Å². The summed E-state index contributed by atoms with van der Waals surface area (Å²) >= 11 is 6.56. The summed E-state index contributed by atoms with van der Waals surface area (Å²) in [5, 5.41) is 19.4. The smallest absolute Gasteiger partial charge is 0.301 e. The molecule has 7 nitrogen and oxygen atoms in total. The van der Waals surface area contributed by atoms with E-state index in [1.807, 2.05) is 6.07 Å². The van der Waals surface area contributed by atoms with Gasteiger partial charge in [-0.15, -0.1) is 0 Å². The highest BCUT2D eigenvalue weighted by Crippen LogP contribution is 2.38. The number of rotatable bonds is 10. The predicted molar refractivity (Wildman–Crippen MR) is 107 cm³/mol. The Kier molecular flexibility index (Phi) is 7.99.